The summed E-state index contributed by atoms with van der Waals surface area (Å²) in [6.07, 6.45) is 3.68. The molecule has 26 heavy (non-hydrogen) atoms. The fourth-order valence-electron chi connectivity index (χ4n) is 3.14. The van der Waals surface area contributed by atoms with E-state index < -0.39 is 0 Å². The van der Waals surface area contributed by atoms with Gasteiger partial charge in [0.15, 0.2) is 5.96 Å². The standard InChI is InChI=1S/C21H27N3O.HI/c1-22-20(23-15-18-10-6-7-11-19(18)25-2)24-16-21(12-13-21)14-17-8-4-3-5-9-17;/h3-11H,12-16H2,1-2H3,(H2,22,23,24);1H. The van der Waals surface area contributed by atoms with Crippen molar-refractivity contribution in [2.24, 2.45) is 10.4 Å². The summed E-state index contributed by atoms with van der Waals surface area (Å²) in [5.74, 6) is 1.73. The zero-order chi connectivity index (χ0) is 17.5. The van der Waals surface area contributed by atoms with Gasteiger partial charge in [0, 0.05) is 25.7 Å². The summed E-state index contributed by atoms with van der Waals surface area (Å²) < 4.78 is 5.40. The Morgan fingerprint density at radius 1 is 1.04 bits per heavy atom. The summed E-state index contributed by atoms with van der Waals surface area (Å²) in [5, 5.41) is 6.88. The maximum Gasteiger partial charge on any atom is 0.191 e. The average molecular weight is 465 g/mol. The Bertz CT molecular complexity index is 714. The molecule has 3 rings (SSSR count). The van der Waals surface area contributed by atoms with Crippen molar-refractivity contribution < 1.29 is 4.74 Å². The van der Waals surface area contributed by atoms with E-state index in [2.05, 4.69) is 52.0 Å². The first kappa shape index (κ1) is 20.6. The SMILES string of the molecule is CN=C(NCc1ccccc1OC)NCC1(Cc2ccccc2)CC1.I. The minimum absolute atomic E-state index is 0. The van der Waals surface area contributed by atoms with Crippen molar-refractivity contribution >= 4 is 29.9 Å². The molecule has 4 nitrogen and oxygen atoms in total. The van der Waals surface area contributed by atoms with E-state index in [1.54, 1.807) is 7.11 Å². The van der Waals surface area contributed by atoms with Crippen LogP contribution >= 0.6 is 24.0 Å². The maximum absolute atomic E-state index is 5.40. The van der Waals surface area contributed by atoms with Gasteiger partial charge in [0.1, 0.15) is 5.75 Å². The summed E-state index contributed by atoms with van der Waals surface area (Å²) >= 11 is 0. The first-order valence-corrected chi connectivity index (χ1v) is 8.85. The number of ether oxygens (including phenoxy) is 1. The highest BCUT2D eigenvalue weighted by Gasteiger charge is 2.42. The van der Waals surface area contributed by atoms with E-state index in [1.165, 1.54) is 18.4 Å². The third kappa shape index (κ3) is 5.62. The van der Waals surface area contributed by atoms with Crippen LogP contribution in [0.3, 0.4) is 0 Å². The molecule has 2 N–H and O–H groups in total. The monoisotopic (exact) mass is 465 g/mol. The average Bonchev–Trinajstić information content (AvgIpc) is 3.42. The van der Waals surface area contributed by atoms with Gasteiger partial charge in [-0.05, 0) is 36.3 Å². The van der Waals surface area contributed by atoms with Crippen molar-refractivity contribution in [3.05, 3.63) is 65.7 Å². The van der Waals surface area contributed by atoms with Crippen molar-refractivity contribution in [2.75, 3.05) is 20.7 Å². The van der Waals surface area contributed by atoms with E-state index in [0.29, 0.717) is 12.0 Å². The molecule has 0 unspecified atom stereocenters. The number of rotatable bonds is 7. The molecule has 1 aliphatic carbocycles. The van der Waals surface area contributed by atoms with E-state index >= 15 is 0 Å². The lowest BCUT2D eigenvalue weighted by atomic mass is 9.96. The molecule has 0 bridgehead atoms. The van der Waals surface area contributed by atoms with Gasteiger partial charge in [-0.3, -0.25) is 4.99 Å². The molecule has 2 aromatic carbocycles. The van der Waals surface area contributed by atoms with Crippen LogP contribution in [-0.2, 0) is 13.0 Å². The van der Waals surface area contributed by atoms with Gasteiger partial charge >= 0.3 is 0 Å². The van der Waals surface area contributed by atoms with Crippen molar-refractivity contribution in [2.45, 2.75) is 25.8 Å². The van der Waals surface area contributed by atoms with Gasteiger partial charge in [0.2, 0.25) is 0 Å². The zero-order valence-electron chi connectivity index (χ0n) is 15.5. The Labute approximate surface area is 173 Å². The minimum Gasteiger partial charge on any atom is -0.496 e. The van der Waals surface area contributed by atoms with Crippen LogP contribution in [-0.4, -0.2) is 26.7 Å². The lowest BCUT2D eigenvalue weighted by molar-refractivity contribution is 0.409. The largest absolute Gasteiger partial charge is 0.496 e. The summed E-state index contributed by atoms with van der Waals surface area (Å²) in [5.41, 5.74) is 2.92. The van der Waals surface area contributed by atoms with E-state index in [9.17, 15) is 0 Å². The summed E-state index contributed by atoms with van der Waals surface area (Å²) in [4.78, 5) is 4.35. The fourth-order valence-corrected chi connectivity index (χ4v) is 3.14. The molecule has 1 saturated carbocycles. The molecule has 0 radical (unpaired) electrons. The number of aliphatic imine (C=N–C) groups is 1. The second kappa shape index (κ2) is 9.80. The summed E-state index contributed by atoms with van der Waals surface area (Å²) in [6.45, 7) is 1.64. The highest BCUT2D eigenvalue weighted by Crippen LogP contribution is 2.47. The van der Waals surface area contributed by atoms with Crippen LogP contribution in [0.2, 0.25) is 0 Å². The smallest absolute Gasteiger partial charge is 0.191 e. The Kier molecular flexibility index (Phi) is 7.75. The molecule has 1 fully saturated rings. The Balaban J connectivity index is 0.00000243. The molecular weight excluding hydrogens is 437 g/mol. The normalized spacial score (nSPS) is 14.9. The third-order valence-electron chi connectivity index (χ3n) is 4.87. The lowest BCUT2D eigenvalue weighted by Gasteiger charge is -2.19. The van der Waals surface area contributed by atoms with Gasteiger partial charge in [-0.2, -0.15) is 0 Å². The highest BCUT2D eigenvalue weighted by atomic mass is 127. The molecule has 0 aliphatic heterocycles. The van der Waals surface area contributed by atoms with Crippen LogP contribution in [0, 0.1) is 5.41 Å². The number of methoxy groups -OCH3 is 1. The molecule has 0 aromatic heterocycles. The topological polar surface area (TPSA) is 45.7 Å². The van der Waals surface area contributed by atoms with Gasteiger partial charge in [-0.25, -0.2) is 0 Å². The number of halogens is 1. The van der Waals surface area contributed by atoms with Crippen LogP contribution in [0.4, 0.5) is 0 Å². The van der Waals surface area contributed by atoms with Crippen LogP contribution in [0.1, 0.15) is 24.0 Å². The molecule has 1 aliphatic rings. The Hall–Kier alpha value is -1.76. The van der Waals surface area contributed by atoms with Crippen LogP contribution in [0.15, 0.2) is 59.6 Å². The van der Waals surface area contributed by atoms with Crippen molar-refractivity contribution in [3.63, 3.8) is 0 Å². The van der Waals surface area contributed by atoms with Gasteiger partial charge < -0.3 is 15.4 Å². The first-order chi connectivity index (χ1) is 12.2. The molecule has 2 aromatic rings. The zero-order valence-corrected chi connectivity index (χ0v) is 17.8. The van der Waals surface area contributed by atoms with E-state index in [-0.39, 0.29) is 24.0 Å². The number of hydrogen-bond donors (Lipinski definition) is 2. The molecule has 0 heterocycles. The first-order valence-electron chi connectivity index (χ1n) is 8.85. The molecule has 140 valence electrons. The molecular formula is C21H28IN3O. The van der Waals surface area contributed by atoms with Crippen molar-refractivity contribution in [1.29, 1.82) is 0 Å². The maximum atomic E-state index is 5.40. The van der Waals surface area contributed by atoms with E-state index in [0.717, 1.165) is 30.2 Å². The van der Waals surface area contributed by atoms with Gasteiger partial charge in [0.25, 0.3) is 0 Å². The molecule has 0 atom stereocenters. The number of hydrogen-bond acceptors (Lipinski definition) is 2. The molecule has 0 amide bonds. The number of nitrogens with zero attached hydrogens (tertiary/aromatic N) is 1. The number of para-hydroxylation sites is 1. The van der Waals surface area contributed by atoms with Crippen LogP contribution in [0.5, 0.6) is 5.75 Å². The minimum atomic E-state index is 0. The van der Waals surface area contributed by atoms with Crippen LogP contribution < -0.4 is 15.4 Å². The number of guanidine groups is 1. The summed E-state index contributed by atoms with van der Waals surface area (Å²) in [6, 6.07) is 18.8. The second-order valence-corrected chi connectivity index (χ2v) is 6.75. The predicted molar refractivity (Wildman–Crippen MR) is 118 cm³/mol. The Morgan fingerprint density at radius 3 is 2.38 bits per heavy atom. The predicted octanol–water partition coefficient (Wildman–Crippen LogP) is 4.00. The molecule has 5 heteroatoms. The quantitative estimate of drug-likeness (QED) is 0.369. The van der Waals surface area contributed by atoms with E-state index in [4.69, 9.17) is 4.74 Å². The highest BCUT2D eigenvalue weighted by molar-refractivity contribution is 14.0. The number of nitrogens with one attached hydrogen (secondary N) is 2. The van der Waals surface area contributed by atoms with Gasteiger partial charge in [0.05, 0.1) is 7.11 Å². The molecule has 0 saturated heterocycles. The van der Waals surface area contributed by atoms with Crippen LogP contribution in [0.25, 0.3) is 0 Å². The summed E-state index contributed by atoms with van der Waals surface area (Å²) in [7, 11) is 3.51. The lowest BCUT2D eigenvalue weighted by Crippen LogP contribution is -2.40. The van der Waals surface area contributed by atoms with Crippen molar-refractivity contribution in [1.82, 2.24) is 10.6 Å². The van der Waals surface area contributed by atoms with E-state index in [1.807, 2.05) is 25.2 Å². The third-order valence-corrected chi connectivity index (χ3v) is 4.87. The number of benzene rings is 2. The Morgan fingerprint density at radius 2 is 1.73 bits per heavy atom. The van der Waals surface area contributed by atoms with Gasteiger partial charge in [-0.15, -0.1) is 24.0 Å². The molecule has 0 spiro atoms. The second-order valence-electron chi connectivity index (χ2n) is 6.75. The fraction of sp³-hybridized carbons (Fsp3) is 0.381. The van der Waals surface area contributed by atoms with Crippen molar-refractivity contribution in [3.8, 4) is 5.75 Å². The van der Waals surface area contributed by atoms with Gasteiger partial charge in [-0.1, -0.05) is 48.5 Å².